The summed E-state index contributed by atoms with van der Waals surface area (Å²) in [6.45, 7) is 1.57. The molecule has 3 aliphatic rings. The Balaban J connectivity index is 1.19. The minimum Gasteiger partial charge on any atom is -0.487 e. The number of likely N-dealkylation sites (tertiary alicyclic amines) is 1. The number of ether oxygens (including phenoxy) is 1. The zero-order valence-corrected chi connectivity index (χ0v) is 17.3. The molecule has 2 aromatic rings. The maximum Gasteiger partial charge on any atom is 0.224 e. The third kappa shape index (κ3) is 4.05. The third-order valence-corrected chi connectivity index (χ3v) is 6.84. The molecule has 2 aromatic carbocycles. The van der Waals surface area contributed by atoms with Crippen molar-refractivity contribution in [2.24, 2.45) is 5.92 Å². The maximum absolute atomic E-state index is 13.9. The first-order valence-corrected chi connectivity index (χ1v) is 10.9. The van der Waals surface area contributed by atoms with Crippen molar-refractivity contribution >= 4 is 11.6 Å². The molecule has 31 heavy (non-hydrogen) atoms. The molecule has 2 aliphatic heterocycles. The van der Waals surface area contributed by atoms with E-state index in [0.717, 1.165) is 16.8 Å². The van der Waals surface area contributed by atoms with Gasteiger partial charge in [0.1, 0.15) is 6.10 Å². The summed E-state index contributed by atoms with van der Waals surface area (Å²) in [5.41, 5.74) is 1.80. The van der Waals surface area contributed by atoms with Crippen LogP contribution < -0.4 is 10.1 Å². The van der Waals surface area contributed by atoms with Gasteiger partial charge in [-0.15, -0.1) is 0 Å². The van der Waals surface area contributed by atoms with Crippen LogP contribution in [0.5, 0.6) is 5.75 Å². The number of hydrogen-bond donors (Lipinski definition) is 3. The number of para-hydroxylation sites is 1. The van der Waals surface area contributed by atoms with Gasteiger partial charge in [0, 0.05) is 44.1 Å². The molecule has 0 spiro atoms. The van der Waals surface area contributed by atoms with Gasteiger partial charge in [-0.3, -0.25) is 9.69 Å². The number of β-amino-alcohol motifs (C(OH)–C–C–N with tert-alkyl or cyclic N) is 2. The largest absolute Gasteiger partial charge is 0.487 e. The van der Waals surface area contributed by atoms with Crippen LogP contribution in [0.4, 0.5) is 10.1 Å². The standard InChI is InChI=1S/C24H27FN2O4/c25-19-3-1-2-4-22(19)31-18-10-17-12-27(14-24(17,30)11-18)13-21(28)16-5-7-20-15(9-16)6-8-23(29)26-20/h1-5,7,9,17-18,21,28,30H,6,8,10-14H2,(H,26,29)/t17-,18+,21+,24-/m0/s1. The summed E-state index contributed by atoms with van der Waals surface area (Å²) in [6.07, 6.45) is 1.37. The molecule has 2 fully saturated rings. The lowest BCUT2D eigenvalue weighted by molar-refractivity contribution is -0.116. The minimum atomic E-state index is -0.879. The summed E-state index contributed by atoms with van der Waals surface area (Å²) in [5.74, 6) is -0.0991. The Labute approximate surface area is 180 Å². The molecular weight excluding hydrogens is 399 g/mol. The Bertz CT molecular complexity index is 999. The number of fused-ring (bicyclic) bond motifs is 2. The van der Waals surface area contributed by atoms with E-state index < -0.39 is 11.7 Å². The fourth-order valence-corrected chi connectivity index (χ4v) is 5.29. The van der Waals surface area contributed by atoms with Crippen molar-refractivity contribution in [3.8, 4) is 5.75 Å². The fourth-order valence-electron chi connectivity index (χ4n) is 5.29. The topological polar surface area (TPSA) is 82.0 Å². The number of amides is 1. The van der Waals surface area contributed by atoms with Gasteiger partial charge in [0.05, 0.1) is 11.7 Å². The minimum absolute atomic E-state index is 0.0231. The van der Waals surface area contributed by atoms with E-state index in [1.807, 2.05) is 18.2 Å². The number of carbonyl (C=O) groups is 1. The Morgan fingerprint density at radius 1 is 1.26 bits per heavy atom. The zero-order valence-electron chi connectivity index (χ0n) is 17.3. The lowest BCUT2D eigenvalue weighted by Gasteiger charge is -2.25. The normalized spacial score (nSPS) is 28.7. The summed E-state index contributed by atoms with van der Waals surface area (Å²) in [7, 11) is 0. The number of aliphatic hydroxyl groups is 2. The first-order valence-electron chi connectivity index (χ1n) is 10.9. The molecule has 2 heterocycles. The van der Waals surface area contributed by atoms with Gasteiger partial charge in [0.25, 0.3) is 0 Å². The van der Waals surface area contributed by atoms with Crippen molar-refractivity contribution in [1.82, 2.24) is 4.90 Å². The maximum atomic E-state index is 13.9. The lowest BCUT2D eigenvalue weighted by Crippen LogP contribution is -2.36. The van der Waals surface area contributed by atoms with E-state index in [9.17, 15) is 19.4 Å². The Morgan fingerprint density at radius 2 is 2.10 bits per heavy atom. The highest BCUT2D eigenvalue weighted by Crippen LogP contribution is 2.43. The smallest absolute Gasteiger partial charge is 0.224 e. The van der Waals surface area contributed by atoms with E-state index in [-0.39, 0.29) is 29.5 Å². The molecule has 0 unspecified atom stereocenters. The van der Waals surface area contributed by atoms with E-state index in [2.05, 4.69) is 10.2 Å². The quantitative estimate of drug-likeness (QED) is 0.685. The second kappa shape index (κ2) is 7.89. The molecule has 5 rings (SSSR count). The SMILES string of the molecule is O=C1CCc2cc([C@H](O)CN3C[C@@H]4C[C@@H](Oc5ccccc5F)C[C@]4(O)C3)ccc2N1. The van der Waals surface area contributed by atoms with Gasteiger partial charge in [0.15, 0.2) is 11.6 Å². The van der Waals surface area contributed by atoms with Crippen LogP contribution in [0.2, 0.25) is 0 Å². The summed E-state index contributed by atoms with van der Waals surface area (Å²) >= 11 is 0. The van der Waals surface area contributed by atoms with Gasteiger partial charge >= 0.3 is 0 Å². The molecule has 1 saturated heterocycles. The van der Waals surface area contributed by atoms with Crippen molar-refractivity contribution in [3.05, 3.63) is 59.4 Å². The number of halogens is 1. The third-order valence-electron chi connectivity index (χ3n) is 6.84. The van der Waals surface area contributed by atoms with Gasteiger partial charge in [-0.05, 0) is 42.2 Å². The van der Waals surface area contributed by atoms with Crippen LogP contribution >= 0.6 is 0 Å². The highest BCUT2D eigenvalue weighted by molar-refractivity contribution is 5.93. The number of aryl methyl sites for hydroxylation is 1. The Hall–Kier alpha value is -2.48. The molecule has 0 radical (unpaired) electrons. The second-order valence-corrected chi connectivity index (χ2v) is 9.09. The van der Waals surface area contributed by atoms with Crippen LogP contribution in [0.3, 0.4) is 0 Å². The van der Waals surface area contributed by atoms with Crippen LogP contribution in [0.1, 0.15) is 36.5 Å². The lowest BCUT2D eigenvalue weighted by atomic mass is 9.95. The van der Waals surface area contributed by atoms with E-state index in [4.69, 9.17) is 4.74 Å². The monoisotopic (exact) mass is 426 g/mol. The van der Waals surface area contributed by atoms with E-state index in [1.165, 1.54) is 6.07 Å². The number of rotatable bonds is 5. The van der Waals surface area contributed by atoms with Crippen LogP contribution in [-0.2, 0) is 11.2 Å². The molecule has 0 bridgehead atoms. The second-order valence-electron chi connectivity index (χ2n) is 9.09. The highest BCUT2D eigenvalue weighted by atomic mass is 19.1. The molecule has 7 heteroatoms. The zero-order chi connectivity index (χ0) is 21.6. The predicted molar refractivity (Wildman–Crippen MR) is 113 cm³/mol. The van der Waals surface area contributed by atoms with E-state index >= 15 is 0 Å². The van der Waals surface area contributed by atoms with E-state index in [1.54, 1.807) is 18.2 Å². The van der Waals surface area contributed by atoms with Gasteiger partial charge in [-0.25, -0.2) is 4.39 Å². The average Bonchev–Trinajstić information content (AvgIpc) is 3.19. The Morgan fingerprint density at radius 3 is 2.90 bits per heavy atom. The number of hydrogen-bond acceptors (Lipinski definition) is 5. The first kappa shape index (κ1) is 20.4. The number of anilines is 1. The number of carbonyl (C=O) groups excluding carboxylic acids is 1. The molecule has 164 valence electrons. The van der Waals surface area contributed by atoms with Crippen molar-refractivity contribution in [2.45, 2.75) is 43.5 Å². The molecule has 6 nitrogen and oxygen atoms in total. The number of nitrogens with one attached hydrogen (secondary N) is 1. The van der Waals surface area contributed by atoms with Crippen LogP contribution in [0.25, 0.3) is 0 Å². The molecule has 1 amide bonds. The number of benzene rings is 2. The first-order chi connectivity index (χ1) is 14.9. The summed E-state index contributed by atoms with van der Waals surface area (Å²) in [4.78, 5) is 13.6. The van der Waals surface area contributed by atoms with Crippen molar-refractivity contribution in [3.63, 3.8) is 0 Å². The summed E-state index contributed by atoms with van der Waals surface area (Å²) in [6, 6.07) is 12.0. The van der Waals surface area contributed by atoms with Crippen molar-refractivity contribution in [2.75, 3.05) is 25.0 Å². The van der Waals surface area contributed by atoms with Crippen molar-refractivity contribution in [1.29, 1.82) is 0 Å². The molecule has 4 atom stereocenters. The van der Waals surface area contributed by atoms with Gasteiger partial charge in [-0.2, -0.15) is 0 Å². The molecule has 1 saturated carbocycles. The van der Waals surface area contributed by atoms with Gasteiger partial charge in [0.2, 0.25) is 5.91 Å². The number of aliphatic hydroxyl groups excluding tert-OH is 1. The van der Waals surface area contributed by atoms with Gasteiger partial charge in [-0.1, -0.05) is 24.3 Å². The van der Waals surface area contributed by atoms with Crippen LogP contribution in [0.15, 0.2) is 42.5 Å². The van der Waals surface area contributed by atoms with Crippen LogP contribution in [-0.4, -0.2) is 52.4 Å². The summed E-state index contributed by atoms with van der Waals surface area (Å²) < 4.78 is 19.7. The van der Waals surface area contributed by atoms with Gasteiger partial charge < -0.3 is 20.3 Å². The average molecular weight is 426 g/mol. The van der Waals surface area contributed by atoms with E-state index in [0.29, 0.717) is 45.3 Å². The van der Waals surface area contributed by atoms with Crippen LogP contribution in [0, 0.1) is 11.7 Å². The molecule has 1 aliphatic carbocycles. The van der Waals surface area contributed by atoms with Crippen molar-refractivity contribution < 1.29 is 24.1 Å². The predicted octanol–water partition coefficient (Wildman–Crippen LogP) is 2.65. The summed E-state index contributed by atoms with van der Waals surface area (Å²) in [5, 5.41) is 24.8. The molecule has 3 N–H and O–H groups in total. The fraction of sp³-hybridized carbons (Fsp3) is 0.458. The highest BCUT2D eigenvalue weighted by Gasteiger charge is 2.52. The molecule has 0 aromatic heterocycles. The molecular formula is C24H27FN2O4. The number of nitrogens with zero attached hydrogens (tertiary/aromatic N) is 1. The Kier molecular flexibility index (Phi) is 5.20.